The van der Waals surface area contributed by atoms with Gasteiger partial charge in [-0.25, -0.2) is 0 Å². The zero-order valence-electron chi connectivity index (χ0n) is 17.0. The number of pyridine rings is 1. The molecule has 1 N–H and O–H groups in total. The second-order valence-electron chi connectivity index (χ2n) is 8.44. The third-order valence-corrected chi connectivity index (χ3v) is 6.27. The van der Waals surface area contributed by atoms with Crippen molar-refractivity contribution >= 4 is 5.91 Å². The summed E-state index contributed by atoms with van der Waals surface area (Å²) in [6, 6.07) is 4.69. The Labute approximate surface area is 172 Å². The van der Waals surface area contributed by atoms with Crippen LogP contribution in [-0.4, -0.2) is 67.0 Å². The molecule has 0 radical (unpaired) electrons. The predicted octanol–water partition coefficient (Wildman–Crippen LogP) is 2.21. The number of tetrazole rings is 1. The van der Waals surface area contributed by atoms with Crippen LogP contribution in [-0.2, 0) is 17.8 Å². The largest absolute Gasteiger partial charge is 0.338 e. The van der Waals surface area contributed by atoms with Crippen molar-refractivity contribution < 1.29 is 4.79 Å². The first-order chi connectivity index (χ1) is 14.3. The Kier molecular flexibility index (Phi) is 6.82. The number of aromatic nitrogens is 5. The molecule has 1 saturated carbocycles. The summed E-state index contributed by atoms with van der Waals surface area (Å²) in [5.74, 6) is 1.00. The van der Waals surface area contributed by atoms with Crippen LogP contribution in [0.2, 0.25) is 0 Å². The first kappa shape index (κ1) is 19.9. The molecule has 2 aliphatic rings. The second kappa shape index (κ2) is 9.91. The van der Waals surface area contributed by atoms with E-state index in [2.05, 4.69) is 30.5 Å². The van der Waals surface area contributed by atoms with Crippen molar-refractivity contribution in [2.45, 2.75) is 64.0 Å². The summed E-state index contributed by atoms with van der Waals surface area (Å²) in [7, 11) is 0. The highest BCUT2D eigenvalue weighted by Gasteiger charge is 2.29. The van der Waals surface area contributed by atoms with Gasteiger partial charge in [0.1, 0.15) is 0 Å². The van der Waals surface area contributed by atoms with Crippen molar-refractivity contribution in [2.24, 2.45) is 5.92 Å². The number of likely N-dealkylation sites (tertiary alicyclic amines) is 1. The van der Waals surface area contributed by atoms with Crippen LogP contribution in [0.3, 0.4) is 0 Å². The molecular weight excluding hydrogens is 366 g/mol. The molecular formula is C21H31N7O. The van der Waals surface area contributed by atoms with Gasteiger partial charge < -0.3 is 9.80 Å². The van der Waals surface area contributed by atoms with Crippen LogP contribution in [0.25, 0.3) is 0 Å². The lowest BCUT2D eigenvalue weighted by Gasteiger charge is -2.41. The molecule has 1 aliphatic carbocycles. The Hall–Kier alpha value is -2.35. The van der Waals surface area contributed by atoms with Gasteiger partial charge in [-0.2, -0.15) is 5.21 Å². The van der Waals surface area contributed by atoms with E-state index in [1.54, 1.807) is 6.20 Å². The Morgan fingerprint density at radius 1 is 1.21 bits per heavy atom. The Balaban J connectivity index is 1.41. The summed E-state index contributed by atoms with van der Waals surface area (Å²) < 4.78 is 0. The van der Waals surface area contributed by atoms with Gasteiger partial charge in [-0.1, -0.05) is 30.5 Å². The first-order valence-electron chi connectivity index (χ1n) is 10.9. The molecule has 2 aromatic heterocycles. The van der Waals surface area contributed by atoms with Crippen LogP contribution >= 0.6 is 0 Å². The molecule has 0 spiro atoms. The normalized spacial score (nSPS) is 21.2. The number of nitrogens with zero attached hydrogens (tertiary/aromatic N) is 6. The monoisotopic (exact) mass is 397 g/mol. The molecule has 8 heteroatoms. The van der Waals surface area contributed by atoms with Crippen molar-refractivity contribution in [2.75, 3.05) is 19.6 Å². The molecule has 8 nitrogen and oxygen atoms in total. The fraction of sp³-hybridized carbons (Fsp3) is 0.667. The van der Waals surface area contributed by atoms with E-state index >= 15 is 0 Å². The topological polar surface area (TPSA) is 90.9 Å². The summed E-state index contributed by atoms with van der Waals surface area (Å²) in [6.45, 7) is 3.66. The van der Waals surface area contributed by atoms with Gasteiger partial charge in [0.25, 0.3) is 0 Å². The van der Waals surface area contributed by atoms with Crippen LogP contribution in [0.4, 0.5) is 0 Å². The van der Waals surface area contributed by atoms with Crippen molar-refractivity contribution in [1.29, 1.82) is 0 Å². The average Bonchev–Trinajstić information content (AvgIpc) is 3.28. The number of rotatable bonds is 7. The molecule has 3 heterocycles. The van der Waals surface area contributed by atoms with E-state index in [1.807, 2.05) is 23.2 Å². The Morgan fingerprint density at radius 3 is 2.86 bits per heavy atom. The maximum absolute atomic E-state index is 13.0. The van der Waals surface area contributed by atoms with Gasteiger partial charge >= 0.3 is 0 Å². The van der Waals surface area contributed by atoms with Crippen molar-refractivity contribution in [3.63, 3.8) is 0 Å². The summed E-state index contributed by atoms with van der Waals surface area (Å²) in [5, 5.41) is 13.9. The van der Waals surface area contributed by atoms with E-state index in [0.29, 0.717) is 18.3 Å². The zero-order chi connectivity index (χ0) is 19.9. The van der Waals surface area contributed by atoms with E-state index in [9.17, 15) is 4.79 Å². The highest BCUT2D eigenvalue weighted by atomic mass is 16.2. The minimum absolute atomic E-state index is 0.0463. The van der Waals surface area contributed by atoms with E-state index in [4.69, 9.17) is 0 Å². The van der Waals surface area contributed by atoms with E-state index in [-0.39, 0.29) is 12.3 Å². The summed E-state index contributed by atoms with van der Waals surface area (Å²) in [6.07, 6.45) is 13.0. The predicted molar refractivity (Wildman–Crippen MR) is 109 cm³/mol. The number of aromatic amines is 1. The number of hydrogen-bond acceptors (Lipinski definition) is 6. The highest BCUT2D eigenvalue weighted by Crippen LogP contribution is 2.27. The Morgan fingerprint density at radius 2 is 2.10 bits per heavy atom. The maximum atomic E-state index is 13.0. The molecule has 2 aromatic rings. The number of carbonyl (C=O) groups excluding carboxylic acids is 1. The van der Waals surface area contributed by atoms with Gasteiger partial charge in [0, 0.05) is 38.1 Å². The van der Waals surface area contributed by atoms with Crippen molar-refractivity contribution in [3.05, 3.63) is 35.9 Å². The molecule has 1 amide bonds. The number of carbonyl (C=O) groups is 1. The third kappa shape index (κ3) is 5.59. The van der Waals surface area contributed by atoms with Crippen LogP contribution in [0, 0.1) is 5.92 Å². The fourth-order valence-corrected chi connectivity index (χ4v) is 4.81. The number of H-pyrrole nitrogens is 1. The van der Waals surface area contributed by atoms with Crippen molar-refractivity contribution in [1.82, 2.24) is 35.4 Å². The molecule has 0 aromatic carbocycles. The summed E-state index contributed by atoms with van der Waals surface area (Å²) in [5.41, 5.74) is 1.05. The molecule has 1 atom stereocenters. The van der Waals surface area contributed by atoms with Gasteiger partial charge in [-0.3, -0.25) is 9.78 Å². The molecule has 156 valence electrons. The highest BCUT2D eigenvalue weighted by molar-refractivity contribution is 5.77. The number of amides is 1. The Bertz CT molecular complexity index is 746. The lowest BCUT2D eigenvalue weighted by Crippen LogP contribution is -2.47. The van der Waals surface area contributed by atoms with Gasteiger partial charge in [0.2, 0.25) is 5.91 Å². The van der Waals surface area contributed by atoms with Crippen LogP contribution in [0.5, 0.6) is 0 Å². The maximum Gasteiger partial charge on any atom is 0.230 e. The molecule has 2 fully saturated rings. The zero-order valence-corrected chi connectivity index (χ0v) is 17.0. The lowest BCUT2D eigenvalue weighted by atomic mass is 9.90. The molecule has 0 bridgehead atoms. The minimum atomic E-state index is 0.0463. The molecule has 1 aliphatic heterocycles. The number of piperidine rings is 1. The molecule has 1 saturated heterocycles. The van der Waals surface area contributed by atoms with Crippen LogP contribution < -0.4 is 0 Å². The molecule has 4 rings (SSSR count). The summed E-state index contributed by atoms with van der Waals surface area (Å²) >= 11 is 0. The minimum Gasteiger partial charge on any atom is -0.338 e. The van der Waals surface area contributed by atoms with Gasteiger partial charge in [-0.05, 0) is 49.8 Å². The van der Waals surface area contributed by atoms with E-state index in [1.165, 1.54) is 51.5 Å². The smallest absolute Gasteiger partial charge is 0.230 e. The SMILES string of the molecule is O=C(Cc1nn[nH]n1)N(Cc1cccnc1)C[C@@H]1CCCN(C2CCCCC2)C1. The van der Waals surface area contributed by atoms with Crippen molar-refractivity contribution in [3.8, 4) is 0 Å². The van der Waals surface area contributed by atoms with Crippen LogP contribution in [0.15, 0.2) is 24.5 Å². The molecule has 29 heavy (non-hydrogen) atoms. The van der Waals surface area contributed by atoms with Gasteiger partial charge in [-0.15, -0.1) is 10.2 Å². The third-order valence-electron chi connectivity index (χ3n) is 6.27. The quantitative estimate of drug-likeness (QED) is 0.770. The van der Waals surface area contributed by atoms with E-state index in [0.717, 1.165) is 24.7 Å². The summed E-state index contributed by atoms with van der Waals surface area (Å²) in [4.78, 5) is 21.9. The fourth-order valence-electron chi connectivity index (χ4n) is 4.81. The standard InChI is InChI=1S/C21H31N7O/c29-21(12-20-23-25-26-24-20)28(14-17-6-4-10-22-13-17)16-18-7-5-11-27(15-18)19-8-2-1-3-9-19/h4,6,10,13,18-19H,1-3,5,7-9,11-12,14-16H2,(H,23,24,25,26)/t18-/m1/s1. The van der Waals surface area contributed by atoms with Gasteiger partial charge in [0.15, 0.2) is 5.82 Å². The van der Waals surface area contributed by atoms with Crippen LogP contribution in [0.1, 0.15) is 56.3 Å². The number of hydrogen-bond donors (Lipinski definition) is 1. The second-order valence-corrected chi connectivity index (χ2v) is 8.44. The van der Waals surface area contributed by atoms with Gasteiger partial charge in [0.05, 0.1) is 6.42 Å². The molecule has 0 unspecified atom stereocenters. The number of nitrogens with one attached hydrogen (secondary N) is 1. The van der Waals surface area contributed by atoms with E-state index < -0.39 is 0 Å². The first-order valence-corrected chi connectivity index (χ1v) is 10.9. The lowest BCUT2D eigenvalue weighted by molar-refractivity contribution is -0.132. The average molecular weight is 398 g/mol.